The number of nitrogens with zero attached hydrogens (tertiary/aromatic N) is 2. The highest BCUT2D eigenvalue weighted by Gasteiger charge is 2.53. The monoisotopic (exact) mass is 321 g/mol. The summed E-state index contributed by atoms with van der Waals surface area (Å²) in [7, 11) is 3.33. The van der Waals surface area contributed by atoms with Crippen molar-refractivity contribution in [3.8, 4) is 0 Å². The molecule has 0 aliphatic heterocycles. The molecule has 0 aromatic carbocycles. The van der Waals surface area contributed by atoms with Crippen LogP contribution in [0, 0.1) is 11.3 Å². The first-order valence-electron chi connectivity index (χ1n) is 7.45. The number of aliphatic imine (C=N–C) groups is 1. The molecule has 1 aliphatic rings. The summed E-state index contributed by atoms with van der Waals surface area (Å²) < 4.78 is 39.2. The number of rotatable bonds is 3. The molecule has 1 rings (SSSR count). The van der Waals surface area contributed by atoms with Gasteiger partial charge in [-0.3, -0.25) is 15.1 Å². The molecule has 1 saturated carbocycles. The lowest BCUT2D eigenvalue weighted by Gasteiger charge is -2.47. The minimum Gasteiger partial charge on any atom is -0.340 e. The summed E-state index contributed by atoms with van der Waals surface area (Å²) in [6, 6.07) is 0. The molecule has 1 amide bonds. The molecule has 0 heterocycles. The topological polar surface area (TPSA) is 44.7 Å². The second-order valence-electron chi connectivity index (χ2n) is 6.89. The summed E-state index contributed by atoms with van der Waals surface area (Å²) in [5.74, 6) is -1.57. The Hall–Kier alpha value is -1.27. The van der Waals surface area contributed by atoms with Gasteiger partial charge in [0.25, 0.3) is 0 Å². The van der Waals surface area contributed by atoms with Gasteiger partial charge in [0, 0.05) is 25.6 Å². The summed E-state index contributed by atoms with van der Waals surface area (Å²) in [5.41, 5.74) is -2.19. The first-order chi connectivity index (χ1) is 9.87. The predicted octanol–water partition coefficient (Wildman–Crippen LogP) is 3.19. The standard InChI is InChI=1S/C15H26F3N3O/c1-10(13(2,3)15(16,17)18)11(22)20-12(19-5)21(6)14(4)8-7-9-14/h10H,7-9H2,1-6H3,(H,19,20,22). The van der Waals surface area contributed by atoms with Crippen LogP contribution in [0.5, 0.6) is 0 Å². The normalized spacial score (nSPS) is 20.1. The maximum absolute atomic E-state index is 13.1. The van der Waals surface area contributed by atoms with E-state index in [9.17, 15) is 18.0 Å². The van der Waals surface area contributed by atoms with Crippen molar-refractivity contribution in [2.75, 3.05) is 14.1 Å². The second kappa shape index (κ2) is 6.08. The Labute approximate surface area is 130 Å². The number of hydrogen-bond donors (Lipinski definition) is 1. The molecule has 0 saturated heterocycles. The maximum atomic E-state index is 13.1. The highest BCUT2D eigenvalue weighted by molar-refractivity contribution is 5.98. The Morgan fingerprint density at radius 3 is 2.14 bits per heavy atom. The van der Waals surface area contributed by atoms with Crippen molar-refractivity contribution in [3.05, 3.63) is 0 Å². The Kier molecular flexibility index (Phi) is 5.19. The molecular formula is C15H26F3N3O. The van der Waals surface area contributed by atoms with Crippen LogP contribution < -0.4 is 5.32 Å². The first kappa shape index (κ1) is 18.8. The van der Waals surface area contributed by atoms with Crippen LogP contribution in [0.3, 0.4) is 0 Å². The van der Waals surface area contributed by atoms with Crippen molar-refractivity contribution in [3.63, 3.8) is 0 Å². The van der Waals surface area contributed by atoms with E-state index < -0.39 is 23.4 Å². The Morgan fingerprint density at radius 1 is 1.32 bits per heavy atom. The van der Waals surface area contributed by atoms with Gasteiger partial charge in [0.2, 0.25) is 11.9 Å². The molecule has 1 aliphatic carbocycles. The van der Waals surface area contributed by atoms with E-state index in [0.29, 0.717) is 5.96 Å². The average Bonchev–Trinajstić information content (AvgIpc) is 2.38. The number of carbonyl (C=O) groups excluding carboxylic acids is 1. The SMILES string of the molecule is CN=C(NC(=O)C(C)C(C)(C)C(F)(F)F)N(C)C1(C)CCC1. The van der Waals surface area contributed by atoms with Crippen molar-refractivity contribution >= 4 is 11.9 Å². The third-order valence-corrected chi connectivity index (χ3v) is 5.21. The number of nitrogens with one attached hydrogen (secondary N) is 1. The van der Waals surface area contributed by atoms with E-state index in [4.69, 9.17) is 0 Å². The van der Waals surface area contributed by atoms with Crippen LogP contribution in [-0.2, 0) is 4.79 Å². The van der Waals surface area contributed by atoms with E-state index in [1.165, 1.54) is 14.0 Å². The van der Waals surface area contributed by atoms with E-state index in [0.717, 1.165) is 33.1 Å². The summed E-state index contributed by atoms with van der Waals surface area (Å²) >= 11 is 0. The van der Waals surface area contributed by atoms with Crippen LogP contribution in [-0.4, -0.2) is 42.6 Å². The highest BCUT2D eigenvalue weighted by Crippen LogP contribution is 2.43. The van der Waals surface area contributed by atoms with Gasteiger partial charge in [0.15, 0.2) is 0 Å². The molecule has 128 valence electrons. The molecule has 1 unspecified atom stereocenters. The lowest BCUT2D eigenvalue weighted by atomic mass is 9.77. The van der Waals surface area contributed by atoms with Gasteiger partial charge in [-0.2, -0.15) is 13.2 Å². The number of hydrogen-bond acceptors (Lipinski definition) is 2. The van der Waals surface area contributed by atoms with E-state index in [2.05, 4.69) is 17.2 Å². The quantitative estimate of drug-likeness (QED) is 0.641. The van der Waals surface area contributed by atoms with Gasteiger partial charge in [0.05, 0.1) is 5.41 Å². The van der Waals surface area contributed by atoms with Crippen molar-refractivity contribution in [1.82, 2.24) is 10.2 Å². The van der Waals surface area contributed by atoms with Crippen LogP contribution in [0.15, 0.2) is 4.99 Å². The zero-order valence-corrected chi connectivity index (χ0v) is 14.1. The Morgan fingerprint density at radius 2 is 1.82 bits per heavy atom. The van der Waals surface area contributed by atoms with Crippen LogP contribution in [0.25, 0.3) is 0 Å². The fourth-order valence-electron chi connectivity index (χ4n) is 2.36. The van der Waals surface area contributed by atoms with E-state index in [1.807, 2.05) is 4.90 Å². The number of guanidine groups is 1. The number of carbonyl (C=O) groups is 1. The molecular weight excluding hydrogens is 295 g/mol. The van der Waals surface area contributed by atoms with Gasteiger partial charge in [-0.25, -0.2) is 0 Å². The fraction of sp³-hybridized carbons (Fsp3) is 0.867. The molecule has 7 heteroatoms. The molecule has 1 atom stereocenters. The fourth-order valence-corrected chi connectivity index (χ4v) is 2.36. The van der Waals surface area contributed by atoms with E-state index in [1.54, 1.807) is 7.05 Å². The average molecular weight is 321 g/mol. The van der Waals surface area contributed by atoms with Gasteiger partial charge in [-0.05, 0) is 26.2 Å². The molecule has 0 aromatic rings. The van der Waals surface area contributed by atoms with Crippen LogP contribution in [0.4, 0.5) is 13.2 Å². The van der Waals surface area contributed by atoms with Crippen molar-refractivity contribution in [1.29, 1.82) is 0 Å². The van der Waals surface area contributed by atoms with Gasteiger partial charge >= 0.3 is 6.18 Å². The zero-order chi connectivity index (χ0) is 17.3. The number of amides is 1. The van der Waals surface area contributed by atoms with Crippen LogP contribution in [0.1, 0.15) is 47.0 Å². The lowest BCUT2D eigenvalue weighted by molar-refractivity contribution is -0.226. The molecule has 22 heavy (non-hydrogen) atoms. The van der Waals surface area contributed by atoms with E-state index in [-0.39, 0.29) is 5.54 Å². The number of alkyl halides is 3. The minimum atomic E-state index is -4.45. The highest BCUT2D eigenvalue weighted by atomic mass is 19.4. The number of halogens is 3. The second-order valence-corrected chi connectivity index (χ2v) is 6.89. The van der Waals surface area contributed by atoms with Gasteiger partial charge in [-0.1, -0.05) is 20.8 Å². The Bertz CT molecular complexity index is 453. The predicted molar refractivity (Wildman–Crippen MR) is 80.5 cm³/mol. The maximum Gasteiger partial charge on any atom is 0.394 e. The summed E-state index contributed by atoms with van der Waals surface area (Å²) in [4.78, 5) is 18.1. The third-order valence-electron chi connectivity index (χ3n) is 5.21. The van der Waals surface area contributed by atoms with E-state index >= 15 is 0 Å². The molecule has 0 bridgehead atoms. The molecule has 0 aromatic heterocycles. The first-order valence-corrected chi connectivity index (χ1v) is 7.45. The van der Waals surface area contributed by atoms with Crippen molar-refractivity contribution in [2.45, 2.75) is 58.7 Å². The molecule has 1 N–H and O–H groups in total. The molecule has 1 fully saturated rings. The largest absolute Gasteiger partial charge is 0.394 e. The van der Waals surface area contributed by atoms with Crippen LogP contribution >= 0.6 is 0 Å². The summed E-state index contributed by atoms with van der Waals surface area (Å²) in [5, 5.41) is 2.56. The lowest BCUT2D eigenvalue weighted by Crippen LogP contribution is -2.58. The Balaban J connectivity index is 2.82. The van der Waals surface area contributed by atoms with Crippen molar-refractivity contribution < 1.29 is 18.0 Å². The smallest absolute Gasteiger partial charge is 0.340 e. The zero-order valence-electron chi connectivity index (χ0n) is 14.1. The van der Waals surface area contributed by atoms with Crippen LogP contribution in [0.2, 0.25) is 0 Å². The molecule has 4 nitrogen and oxygen atoms in total. The van der Waals surface area contributed by atoms with Gasteiger partial charge in [0.1, 0.15) is 0 Å². The third kappa shape index (κ3) is 3.38. The van der Waals surface area contributed by atoms with Gasteiger partial charge in [-0.15, -0.1) is 0 Å². The molecule has 0 radical (unpaired) electrons. The summed E-state index contributed by atoms with van der Waals surface area (Å²) in [6.45, 7) is 5.42. The van der Waals surface area contributed by atoms with Gasteiger partial charge < -0.3 is 4.90 Å². The minimum absolute atomic E-state index is 0.0924. The summed E-state index contributed by atoms with van der Waals surface area (Å²) in [6.07, 6.45) is -1.40. The molecule has 0 spiro atoms. The van der Waals surface area contributed by atoms with Crippen molar-refractivity contribution in [2.24, 2.45) is 16.3 Å².